The van der Waals surface area contributed by atoms with Crippen molar-refractivity contribution in [1.29, 1.82) is 0 Å². The molecule has 1 radical (unpaired) electrons. The molecule has 0 N–H and O–H groups in total. The molecule has 0 heterocycles. The third-order valence-electron chi connectivity index (χ3n) is 4.49. The molecular weight excluding hydrogens is 268 g/mol. The summed E-state index contributed by atoms with van der Waals surface area (Å²) in [5.41, 5.74) is 0. The van der Waals surface area contributed by atoms with E-state index in [4.69, 9.17) is 4.74 Å². The van der Waals surface area contributed by atoms with Gasteiger partial charge in [0.05, 0.1) is 0 Å². The van der Waals surface area contributed by atoms with E-state index in [0.717, 1.165) is 19.6 Å². The fraction of sp³-hybridized carbons (Fsp3) is 0.952. The summed E-state index contributed by atoms with van der Waals surface area (Å²) in [6, 6.07) is 0. The Bertz CT molecular complexity index is 159. The number of rotatable bonds is 19. The molecule has 0 saturated heterocycles. The molecule has 0 amide bonds. The predicted octanol–water partition coefficient (Wildman–Crippen LogP) is 7.49. The Kier molecular flexibility index (Phi) is 20.9. The normalized spacial score (nSPS) is 11.2. The molecule has 0 spiro atoms. The van der Waals surface area contributed by atoms with Crippen molar-refractivity contribution in [2.24, 2.45) is 0 Å². The highest BCUT2D eigenvalue weighted by atomic mass is 16.5. The molecule has 0 aromatic carbocycles. The van der Waals surface area contributed by atoms with E-state index in [1.165, 1.54) is 103 Å². The van der Waals surface area contributed by atoms with Crippen LogP contribution in [0.4, 0.5) is 0 Å². The summed E-state index contributed by atoms with van der Waals surface area (Å²) in [5, 5.41) is 0. The third kappa shape index (κ3) is 20.0. The van der Waals surface area contributed by atoms with Gasteiger partial charge in [-0.3, -0.25) is 0 Å². The van der Waals surface area contributed by atoms with Gasteiger partial charge >= 0.3 is 0 Å². The highest BCUT2D eigenvalue weighted by Gasteiger charge is 1.94. The van der Waals surface area contributed by atoms with Gasteiger partial charge in [-0.15, -0.1) is 0 Å². The van der Waals surface area contributed by atoms with Gasteiger partial charge in [0.2, 0.25) is 0 Å². The van der Waals surface area contributed by atoms with E-state index < -0.39 is 0 Å². The van der Waals surface area contributed by atoms with Crippen LogP contribution < -0.4 is 0 Å². The van der Waals surface area contributed by atoms with Crippen molar-refractivity contribution in [3.8, 4) is 0 Å². The molecule has 0 aromatic rings. The van der Waals surface area contributed by atoms with Crippen LogP contribution in [0.3, 0.4) is 0 Å². The SMILES string of the molecule is [CH2]CCCCCCCCCCCCCCCCCCOCC. The molecule has 0 bridgehead atoms. The molecule has 1 heteroatoms. The number of hydrogen-bond donors (Lipinski definition) is 0. The quantitative estimate of drug-likeness (QED) is 0.224. The van der Waals surface area contributed by atoms with Crippen LogP contribution in [0.5, 0.6) is 0 Å². The lowest BCUT2D eigenvalue weighted by Gasteiger charge is -2.04. The molecule has 1 nitrogen and oxygen atoms in total. The van der Waals surface area contributed by atoms with Crippen molar-refractivity contribution in [2.45, 2.75) is 116 Å². The molecule has 133 valence electrons. The topological polar surface area (TPSA) is 9.23 Å². The summed E-state index contributed by atoms with van der Waals surface area (Å²) in [6.45, 7) is 7.81. The van der Waals surface area contributed by atoms with Crippen LogP contribution in [-0.4, -0.2) is 13.2 Å². The predicted molar refractivity (Wildman–Crippen MR) is 100 cm³/mol. The Labute approximate surface area is 141 Å². The summed E-state index contributed by atoms with van der Waals surface area (Å²) in [6.07, 6.45) is 23.8. The first kappa shape index (κ1) is 22.0. The zero-order valence-electron chi connectivity index (χ0n) is 15.6. The van der Waals surface area contributed by atoms with Crippen LogP contribution in [0.25, 0.3) is 0 Å². The third-order valence-corrected chi connectivity index (χ3v) is 4.49. The summed E-state index contributed by atoms with van der Waals surface area (Å²) < 4.78 is 5.36. The van der Waals surface area contributed by atoms with Crippen molar-refractivity contribution < 1.29 is 4.74 Å². The highest BCUT2D eigenvalue weighted by Crippen LogP contribution is 2.13. The molecule has 0 atom stereocenters. The van der Waals surface area contributed by atoms with E-state index >= 15 is 0 Å². The Morgan fingerprint density at radius 3 is 1.14 bits per heavy atom. The van der Waals surface area contributed by atoms with Crippen molar-refractivity contribution in [3.05, 3.63) is 6.92 Å². The molecule has 22 heavy (non-hydrogen) atoms. The molecule has 0 saturated carbocycles. The van der Waals surface area contributed by atoms with Gasteiger partial charge in [0, 0.05) is 13.2 Å². The highest BCUT2D eigenvalue weighted by molar-refractivity contribution is 4.50. The smallest absolute Gasteiger partial charge is 0.0465 e. The van der Waals surface area contributed by atoms with Crippen LogP contribution in [0.15, 0.2) is 0 Å². The van der Waals surface area contributed by atoms with Gasteiger partial charge in [-0.25, -0.2) is 0 Å². The second kappa shape index (κ2) is 21.0. The zero-order chi connectivity index (χ0) is 16.1. The first-order valence-corrected chi connectivity index (χ1v) is 10.3. The minimum absolute atomic E-state index is 0.872. The van der Waals surface area contributed by atoms with Crippen LogP contribution >= 0.6 is 0 Å². The standard InChI is InChI=1S/C21H43O/c1-3-5-6-7-8-9-10-11-12-13-14-15-16-17-18-19-20-21-22-4-2/h1,3-21H2,2H3. The van der Waals surface area contributed by atoms with E-state index in [9.17, 15) is 0 Å². The molecular formula is C21H43O. The van der Waals surface area contributed by atoms with Gasteiger partial charge < -0.3 is 4.74 Å². The maximum absolute atomic E-state index is 5.36. The van der Waals surface area contributed by atoms with Crippen LogP contribution in [0.2, 0.25) is 0 Å². The molecule has 0 aromatic heterocycles. The first-order chi connectivity index (χ1) is 10.9. The van der Waals surface area contributed by atoms with E-state index in [1.54, 1.807) is 0 Å². The van der Waals surface area contributed by atoms with Crippen molar-refractivity contribution >= 4 is 0 Å². The summed E-state index contributed by atoms with van der Waals surface area (Å²) in [7, 11) is 0. The Hall–Kier alpha value is -0.0400. The van der Waals surface area contributed by atoms with Gasteiger partial charge in [0.1, 0.15) is 0 Å². The van der Waals surface area contributed by atoms with E-state index in [-0.39, 0.29) is 0 Å². The molecule has 0 rings (SSSR count). The van der Waals surface area contributed by atoms with Crippen LogP contribution in [-0.2, 0) is 4.74 Å². The summed E-state index contributed by atoms with van der Waals surface area (Å²) in [5.74, 6) is 0. The number of hydrogen-bond acceptors (Lipinski definition) is 1. The van der Waals surface area contributed by atoms with E-state index in [2.05, 4.69) is 13.8 Å². The molecule has 0 fully saturated rings. The fourth-order valence-electron chi connectivity index (χ4n) is 3.00. The maximum atomic E-state index is 5.36. The van der Waals surface area contributed by atoms with E-state index in [0.29, 0.717) is 0 Å². The van der Waals surface area contributed by atoms with Crippen LogP contribution in [0, 0.1) is 6.92 Å². The largest absolute Gasteiger partial charge is 0.382 e. The van der Waals surface area contributed by atoms with Crippen molar-refractivity contribution in [1.82, 2.24) is 0 Å². The Balaban J connectivity index is 2.91. The van der Waals surface area contributed by atoms with Crippen molar-refractivity contribution in [2.75, 3.05) is 13.2 Å². The second-order valence-corrected chi connectivity index (χ2v) is 6.71. The Morgan fingerprint density at radius 1 is 0.500 bits per heavy atom. The zero-order valence-corrected chi connectivity index (χ0v) is 15.6. The minimum atomic E-state index is 0.872. The average Bonchev–Trinajstić information content (AvgIpc) is 2.54. The fourth-order valence-corrected chi connectivity index (χ4v) is 3.00. The number of unbranched alkanes of at least 4 members (excludes halogenated alkanes) is 16. The maximum Gasteiger partial charge on any atom is 0.0465 e. The first-order valence-electron chi connectivity index (χ1n) is 10.3. The lowest BCUT2D eigenvalue weighted by atomic mass is 10.0. The molecule has 0 aliphatic heterocycles. The summed E-state index contributed by atoms with van der Waals surface area (Å²) >= 11 is 0. The molecule has 0 aliphatic rings. The van der Waals surface area contributed by atoms with Gasteiger partial charge in [0.15, 0.2) is 0 Å². The second-order valence-electron chi connectivity index (χ2n) is 6.71. The van der Waals surface area contributed by atoms with Crippen molar-refractivity contribution in [3.63, 3.8) is 0 Å². The summed E-state index contributed by atoms with van der Waals surface area (Å²) in [4.78, 5) is 0. The van der Waals surface area contributed by atoms with Gasteiger partial charge in [-0.2, -0.15) is 0 Å². The molecule has 0 aliphatic carbocycles. The minimum Gasteiger partial charge on any atom is -0.382 e. The van der Waals surface area contributed by atoms with E-state index in [1.807, 2.05) is 0 Å². The lowest BCUT2D eigenvalue weighted by molar-refractivity contribution is 0.143. The lowest BCUT2D eigenvalue weighted by Crippen LogP contribution is -1.92. The number of ether oxygens (including phenoxy) is 1. The van der Waals surface area contributed by atoms with Gasteiger partial charge in [-0.05, 0) is 13.3 Å². The average molecular weight is 312 g/mol. The molecule has 0 unspecified atom stereocenters. The van der Waals surface area contributed by atoms with Gasteiger partial charge in [0.25, 0.3) is 0 Å². The van der Waals surface area contributed by atoms with Gasteiger partial charge in [-0.1, -0.05) is 110 Å². The monoisotopic (exact) mass is 311 g/mol. The Morgan fingerprint density at radius 2 is 0.818 bits per heavy atom. The van der Waals surface area contributed by atoms with Crippen LogP contribution in [0.1, 0.15) is 116 Å².